The Balaban J connectivity index is 2.87. The van der Waals surface area contributed by atoms with Crippen LogP contribution in [0.4, 0.5) is 0 Å². The second kappa shape index (κ2) is 6.23. The summed E-state index contributed by atoms with van der Waals surface area (Å²) in [5.41, 5.74) is 4.79. The van der Waals surface area contributed by atoms with E-state index in [2.05, 4.69) is 24.0 Å². The Morgan fingerprint density at radius 2 is 2.11 bits per heavy atom. The first-order chi connectivity index (χ1) is 8.90. The quantitative estimate of drug-likeness (QED) is 0.341. The van der Waals surface area contributed by atoms with Crippen molar-refractivity contribution in [2.75, 3.05) is 26.7 Å². The van der Waals surface area contributed by atoms with Crippen LogP contribution in [0.5, 0.6) is 0 Å². The van der Waals surface area contributed by atoms with Crippen LogP contribution in [-0.4, -0.2) is 59.5 Å². The summed E-state index contributed by atoms with van der Waals surface area (Å²) in [4.78, 5) is 16.8. The lowest BCUT2D eigenvalue weighted by atomic mass is 9.84. The molecule has 6 nitrogen and oxygen atoms in total. The number of likely N-dealkylation sites (N-methyl/N-ethyl adjacent to an activating group) is 1. The van der Waals surface area contributed by atoms with E-state index in [1.807, 2.05) is 11.8 Å². The number of piperazine rings is 1. The molecule has 0 aromatic rings. The minimum Gasteiger partial charge on any atom is -0.409 e. The van der Waals surface area contributed by atoms with E-state index in [1.165, 1.54) is 0 Å². The lowest BCUT2D eigenvalue weighted by Gasteiger charge is -2.42. The van der Waals surface area contributed by atoms with Gasteiger partial charge in [0.25, 0.3) is 0 Å². The predicted molar refractivity (Wildman–Crippen MR) is 75.1 cm³/mol. The second-order valence-corrected chi connectivity index (χ2v) is 5.46. The van der Waals surface area contributed by atoms with Crippen LogP contribution in [0, 0.1) is 5.41 Å². The number of oxime groups is 1. The molecule has 1 aliphatic rings. The highest BCUT2D eigenvalue weighted by molar-refractivity contribution is 6.06. The third-order valence-electron chi connectivity index (χ3n) is 4.39. The molecule has 19 heavy (non-hydrogen) atoms. The Bertz CT molecular complexity index is 359. The predicted octanol–water partition coefficient (Wildman–Crippen LogP) is 0.702. The van der Waals surface area contributed by atoms with Crippen molar-refractivity contribution in [3.8, 4) is 0 Å². The molecule has 1 fully saturated rings. The maximum Gasteiger partial charge on any atom is 0.236 e. The molecule has 0 aliphatic carbocycles. The summed E-state index contributed by atoms with van der Waals surface area (Å²) in [6.45, 7) is 8.01. The van der Waals surface area contributed by atoms with Gasteiger partial charge in [-0.25, -0.2) is 0 Å². The standard InChI is InChI=1S/C13H26N4O2/c1-5-10-9-17(8-7-16(10)4)12(18)13(3,6-2)11(14)15-19/h10,19H,5-9H2,1-4H3,(H2,14,15). The zero-order valence-electron chi connectivity index (χ0n) is 12.4. The van der Waals surface area contributed by atoms with Gasteiger partial charge in [0.05, 0.1) is 0 Å². The molecule has 0 bridgehead atoms. The molecule has 0 radical (unpaired) electrons. The van der Waals surface area contributed by atoms with Crippen molar-refractivity contribution < 1.29 is 10.0 Å². The van der Waals surface area contributed by atoms with Crippen molar-refractivity contribution in [3.05, 3.63) is 0 Å². The average Bonchev–Trinajstić information content (AvgIpc) is 2.45. The van der Waals surface area contributed by atoms with Crippen LogP contribution in [0.15, 0.2) is 5.16 Å². The third kappa shape index (κ3) is 3.00. The zero-order chi connectivity index (χ0) is 14.6. The van der Waals surface area contributed by atoms with Crippen molar-refractivity contribution in [3.63, 3.8) is 0 Å². The first-order valence-corrected chi connectivity index (χ1v) is 6.88. The van der Waals surface area contributed by atoms with Crippen molar-refractivity contribution in [1.29, 1.82) is 0 Å². The second-order valence-electron chi connectivity index (χ2n) is 5.46. The summed E-state index contributed by atoms with van der Waals surface area (Å²) in [5, 5.41) is 11.9. The summed E-state index contributed by atoms with van der Waals surface area (Å²) in [7, 11) is 2.08. The normalized spacial score (nSPS) is 25.2. The van der Waals surface area contributed by atoms with Crippen LogP contribution in [0.3, 0.4) is 0 Å². The van der Waals surface area contributed by atoms with Crippen LogP contribution < -0.4 is 5.73 Å². The summed E-state index contributed by atoms with van der Waals surface area (Å²) in [6, 6.07) is 0.381. The molecule has 0 saturated carbocycles. The average molecular weight is 270 g/mol. The molecule has 1 heterocycles. The number of nitrogens with two attached hydrogens (primary N) is 1. The monoisotopic (exact) mass is 270 g/mol. The molecule has 110 valence electrons. The molecule has 1 amide bonds. The van der Waals surface area contributed by atoms with Crippen LogP contribution in [0.1, 0.15) is 33.6 Å². The Morgan fingerprint density at radius 3 is 2.58 bits per heavy atom. The number of carbonyl (C=O) groups is 1. The number of nitrogens with zero attached hydrogens (tertiary/aromatic N) is 3. The highest BCUT2D eigenvalue weighted by Gasteiger charge is 2.41. The summed E-state index contributed by atoms with van der Waals surface area (Å²) in [5.74, 6) is -0.0520. The van der Waals surface area contributed by atoms with Crippen molar-refractivity contribution in [2.45, 2.75) is 39.7 Å². The van der Waals surface area contributed by atoms with Gasteiger partial charge in [-0.3, -0.25) is 9.69 Å². The fourth-order valence-electron chi connectivity index (χ4n) is 2.47. The van der Waals surface area contributed by atoms with Gasteiger partial charge in [-0.05, 0) is 26.8 Å². The maximum absolute atomic E-state index is 12.7. The van der Waals surface area contributed by atoms with Crippen molar-refractivity contribution in [1.82, 2.24) is 9.80 Å². The smallest absolute Gasteiger partial charge is 0.236 e. The Kier molecular flexibility index (Phi) is 5.17. The molecule has 2 atom stereocenters. The Morgan fingerprint density at radius 1 is 1.47 bits per heavy atom. The van der Waals surface area contributed by atoms with E-state index >= 15 is 0 Å². The number of amidine groups is 1. The first-order valence-electron chi connectivity index (χ1n) is 6.88. The van der Waals surface area contributed by atoms with Crippen molar-refractivity contribution >= 4 is 11.7 Å². The van der Waals surface area contributed by atoms with Gasteiger partial charge in [0.2, 0.25) is 5.91 Å². The fraction of sp³-hybridized carbons (Fsp3) is 0.846. The highest BCUT2D eigenvalue weighted by atomic mass is 16.4. The topological polar surface area (TPSA) is 82.2 Å². The molecule has 0 aromatic heterocycles. The van der Waals surface area contributed by atoms with Crippen molar-refractivity contribution in [2.24, 2.45) is 16.3 Å². The van der Waals surface area contributed by atoms with Gasteiger partial charge in [-0.1, -0.05) is 19.0 Å². The molecule has 0 aromatic carbocycles. The van der Waals surface area contributed by atoms with Crippen LogP contribution in [-0.2, 0) is 4.79 Å². The molecular formula is C13H26N4O2. The lowest BCUT2D eigenvalue weighted by Crippen LogP contribution is -2.58. The van der Waals surface area contributed by atoms with Gasteiger partial charge in [-0.15, -0.1) is 0 Å². The summed E-state index contributed by atoms with van der Waals surface area (Å²) in [6.07, 6.45) is 1.53. The van der Waals surface area contributed by atoms with Crippen LogP contribution in [0.25, 0.3) is 0 Å². The molecule has 2 unspecified atom stereocenters. The van der Waals surface area contributed by atoms with E-state index in [-0.39, 0.29) is 11.7 Å². The summed E-state index contributed by atoms with van der Waals surface area (Å²) < 4.78 is 0. The van der Waals surface area contributed by atoms with E-state index in [0.717, 1.165) is 13.0 Å². The minimum atomic E-state index is -0.914. The van der Waals surface area contributed by atoms with E-state index in [9.17, 15) is 4.79 Å². The molecule has 1 aliphatic heterocycles. The van der Waals surface area contributed by atoms with Crippen LogP contribution >= 0.6 is 0 Å². The number of hydrogen-bond acceptors (Lipinski definition) is 4. The third-order valence-corrected chi connectivity index (χ3v) is 4.39. The van der Waals surface area contributed by atoms with E-state index in [4.69, 9.17) is 10.9 Å². The molecule has 1 saturated heterocycles. The van der Waals surface area contributed by atoms with Gasteiger partial charge >= 0.3 is 0 Å². The molecule has 0 spiro atoms. The van der Waals surface area contributed by atoms with E-state index in [1.54, 1.807) is 6.92 Å². The van der Waals surface area contributed by atoms with Gasteiger partial charge in [0, 0.05) is 25.7 Å². The fourth-order valence-corrected chi connectivity index (χ4v) is 2.47. The molecule has 6 heteroatoms. The van der Waals surface area contributed by atoms with E-state index < -0.39 is 5.41 Å². The molecule has 1 rings (SSSR count). The number of rotatable bonds is 4. The van der Waals surface area contributed by atoms with Gasteiger partial charge in [0.1, 0.15) is 5.41 Å². The largest absolute Gasteiger partial charge is 0.409 e. The first kappa shape index (κ1) is 15.8. The maximum atomic E-state index is 12.7. The molecule has 3 N–H and O–H groups in total. The SMILES string of the molecule is CCC1CN(C(=O)C(C)(CC)C(N)=NO)CCN1C. The Labute approximate surface area is 115 Å². The van der Waals surface area contributed by atoms with Crippen LogP contribution in [0.2, 0.25) is 0 Å². The lowest BCUT2D eigenvalue weighted by molar-refractivity contribution is -0.140. The van der Waals surface area contributed by atoms with E-state index in [0.29, 0.717) is 25.6 Å². The van der Waals surface area contributed by atoms with Gasteiger partial charge < -0.3 is 15.8 Å². The molecular weight excluding hydrogens is 244 g/mol. The zero-order valence-corrected chi connectivity index (χ0v) is 12.4. The van der Waals surface area contributed by atoms with Gasteiger partial charge in [-0.2, -0.15) is 0 Å². The minimum absolute atomic E-state index is 0.00743. The van der Waals surface area contributed by atoms with Gasteiger partial charge in [0.15, 0.2) is 5.84 Å². The number of hydrogen-bond donors (Lipinski definition) is 2. The Hall–Kier alpha value is -1.30. The summed E-state index contributed by atoms with van der Waals surface area (Å²) >= 11 is 0. The number of amides is 1. The number of carbonyl (C=O) groups excluding carboxylic acids is 1. The highest BCUT2D eigenvalue weighted by Crippen LogP contribution is 2.26.